The van der Waals surface area contributed by atoms with E-state index in [1.165, 1.54) is 13.8 Å². The maximum Gasteiger partial charge on any atom is 0.303 e. The molecule has 0 spiro atoms. The third kappa shape index (κ3) is 3.87. The molecule has 86 valence electrons. The van der Waals surface area contributed by atoms with Gasteiger partial charge in [-0.25, -0.2) is 0 Å². The van der Waals surface area contributed by atoms with E-state index in [0.29, 0.717) is 6.42 Å². The molecule has 5 nitrogen and oxygen atoms in total. The van der Waals surface area contributed by atoms with Gasteiger partial charge in [0.05, 0.1) is 12.7 Å². The highest BCUT2D eigenvalue weighted by Crippen LogP contribution is 2.20. The van der Waals surface area contributed by atoms with E-state index < -0.39 is 18.2 Å². The molecule has 1 heterocycles. The summed E-state index contributed by atoms with van der Waals surface area (Å²) in [6.45, 7) is 4.83. The molecule has 15 heavy (non-hydrogen) atoms. The number of rotatable bonds is 2. The summed E-state index contributed by atoms with van der Waals surface area (Å²) in [5, 5.41) is 0. The van der Waals surface area contributed by atoms with Crippen molar-refractivity contribution in [1.82, 2.24) is 0 Å². The number of hydrogen-bond donors (Lipinski definition) is 0. The monoisotopic (exact) mass is 216 g/mol. The van der Waals surface area contributed by atoms with Crippen molar-refractivity contribution in [1.29, 1.82) is 0 Å². The van der Waals surface area contributed by atoms with E-state index in [1.807, 2.05) is 6.92 Å². The molecule has 0 amide bonds. The molecule has 0 aromatic heterocycles. The highest BCUT2D eigenvalue weighted by molar-refractivity contribution is 5.67. The van der Waals surface area contributed by atoms with Crippen molar-refractivity contribution >= 4 is 11.9 Å². The molecule has 0 radical (unpaired) electrons. The molecule has 1 rings (SSSR count). The van der Waals surface area contributed by atoms with Gasteiger partial charge < -0.3 is 14.2 Å². The van der Waals surface area contributed by atoms with Crippen LogP contribution < -0.4 is 0 Å². The fourth-order valence-corrected chi connectivity index (χ4v) is 1.57. The SMILES string of the molecule is CC(=O)O[C@H]1CC(C)OC[C@H]1OC(C)=O. The van der Waals surface area contributed by atoms with Crippen LogP contribution in [0.3, 0.4) is 0 Å². The first-order chi connectivity index (χ1) is 6.99. The Morgan fingerprint density at radius 2 is 1.67 bits per heavy atom. The molecular weight excluding hydrogens is 200 g/mol. The largest absolute Gasteiger partial charge is 0.458 e. The lowest BCUT2D eigenvalue weighted by Gasteiger charge is -2.33. The second-order valence-corrected chi connectivity index (χ2v) is 3.68. The fourth-order valence-electron chi connectivity index (χ4n) is 1.57. The predicted octanol–water partition coefficient (Wildman–Crippen LogP) is 0.659. The van der Waals surface area contributed by atoms with Crippen LogP contribution in [0.2, 0.25) is 0 Å². The Morgan fingerprint density at radius 3 is 2.20 bits per heavy atom. The van der Waals surface area contributed by atoms with E-state index >= 15 is 0 Å². The van der Waals surface area contributed by atoms with Crippen molar-refractivity contribution in [2.24, 2.45) is 0 Å². The predicted molar refractivity (Wildman–Crippen MR) is 51.1 cm³/mol. The highest BCUT2D eigenvalue weighted by atomic mass is 16.6. The van der Waals surface area contributed by atoms with Gasteiger partial charge in [0.2, 0.25) is 0 Å². The summed E-state index contributed by atoms with van der Waals surface area (Å²) < 4.78 is 15.4. The van der Waals surface area contributed by atoms with Crippen molar-refractivity contribution in [3.8, 4) is 0 Å². The zero-order valence-electron chi connectivity index (χ0n) is 9.19. The van der Waals surface area contributed by atoms with E-state index in [9.17, 15) is 9.59 Å². The van der Waals surface area contributed by atoms with Crippen molar-refractivity contribution in [3.05, 3.63) is 0 Å². The Bertz CT molecular complexity index is 250. The summed E-state index contributed by atoms with van der Waals surface area (Å²) in [6, 6.07) is 0. The molecule has 1 saturated heterocycles. The summed E-state index contributed by atoms with van der Waals surface area (Å²) in [4.78, 5) is 21.7. The van der Waals surface area contributed by atoms with Gasteiger partial charge in [-0.2, -0.15) is 0 Å². The first-order valence-corrected chi connectivity index (χ1v) is 4.95. The summed E-state index contributed by atoms with van der Waals surface area (Å²) >= 11 is 0. The Kier molecular flexibility index (Phi) is 4.08. The lowest BCUT2D eigenvalue weighted by Crippen LogP contribution is -2.45. The first kappa shape index (κ1) is 12.0. The van der Waals surface area contributed by atoms with Crippen LogP contribution in [0.4, 0.5) is 0 Å². The molecule has 1 fully saturated rings. The number of carbonyl (C=O) groups excluding carboxylic acids is 2. The lowest BCUT2D eigenvalue weighted by atomic mass is 10.0. The quantitative estimate of drug-likeness (QED) is 0.634. The van der Waals surface area contributed by atoms with Crippen molar-refractivity contribution in [2.45, 2.75) is 45.5 Å². The highest BCUT2D eigenvalue weighted by Gasteiger charge is 2.33. The van der Waals surface area contributed by atoms with E-state index in [1.54, 1.807) is 0 Å². The van der Waals surface area contributed by atoms with E-state index in [2.05, 4.69) is 0 Å². The Labute approximate surface area is 88.7 Å². The number of hydrogen-bond acceptors (Lipinski definition) is 5. The third-order valence-corrected chi connectivity index (χ3v) is 2.16. The van der Waals surface area contributed by atoms with Crippen LogP contribution in [-0.2, 0) is 23.8 Å². The number of ether oxygens (including phenoxy) is 3. The molecule has 1 aliphatic rings. The minimum Gasteiger partial charge on any atom is -0.458 e. The van der Waals surface area contributed by atoms with Gasteiger partial charge >= 0.3 is 11.9 Å². The van der Waals surface area contributed by atoms with E-state index in [4.69, 9.17) is 14.2 Å². The van der Waals surface area contributed by atoms with Crippen LogP contribution in [0.25, 0.3) is 0 Å². The van der Waals surface area contributed by atoms with Crippen LogP contribution >= 0.6 is 0 Å². The minimum atomic E-state index is -0.484. The Morgan fingerprint density at radius 1 is 1.13 bits per heavy atom. The second kappa shape index (κ2) is 5.11. The van der Waals surface area contributed by atoms with Crippen LogP contribution in [0.1, 0.15) is 27.2 Å². The summed E-state index contributed by atoms with van der Waals surface area (Å²) in [5.41, 5.74) is 0. The van der Waals surface area contributed by atoms with Crippen LogP contribution in [0.15, 0.2) is 0 Å². The molecule has 0 saturated carbocycles. The van der Waals surface area contributed by atoms with Crippen molar-refractivity contribution in [2.75, 3.05) is 6.61 Å². The van der Waals surface area contributed by atoms with Crippen molar-refractivity contribution in [3.63, 3.8) is 0 Å². The summed E-state index contributed by atoms with van der Waals surface area (Å²) in [6.07, 6.45) is -0.309. The number of esters is 2. The second-order valence-electron chi connectivity index (χ2n) is 3.68. The van der Waals surface area contributed by atoms with Gasteiger partial charge in [0, 0.05) is 20.3 Å². The zero-order valence-corrected chi connectivity index (χ0v) is 9.19. The molecular formula is C10H16O5. The van der Waals surface area contributed by atoms with Crippen molar-refractivity contribution < 1.29 is 23.8 Å². The molecule has 1 aliphatic heterocycles. The van der Waals surface area contributed by atoms with E-state index in [0.717, 1.165) is 0 Å². The summed E-state index contributed by atoms with van der Waals surface area (Å²) in [5.74, 6) is -0.762. The van der Waals surface area contributed by atoms with Crippen LogP contribution in [0.5, 0.6) is 0 Å². The van der Waals surface area contributed by atoms with Gasteiger partial charge in [0.25, 0.3) is 0 Å². The number of carbonyl (C=O) groups is 2. The average Bonchev–Trinajstić information content (AvgIpc) is 2.08. The molecule has 5 heteroatoms. The lowest BCUT2D eigenvalue weighted by molar-refractivity contribution is -0.185. The molecule has 0 aromatic carbocycles. The maximum atomic E-state index is 10.8. The summed E-state index contributed by atoms with van der Waals surface area (Å²) in [7, 11) is 0. The molecule has 0 aliphatic carbocycles. The van der Waals surface area contributed by atoms with Crippen LogP contribution in [0, 0.1) is 0 Å². The third-order valence-electron chi connectivity index (χ3n) is 2.16. The molecule has 0 N–H and O–H groups in total. The maximum absolute atomic E-state index is 10.8. The smallest absolute Gasteiger partial charge is 0.303 e. The normalized spacial score (nSPS) is 30.7. The van der Waals surface area contributed by atoms with Gasteiger partial charge in [-0.05, 0) is 6.92 Å². The fraction of sp³-hybridized carbons (Fsp3) is 0.800. The van der Waals surface area contributed by atoms with Gasteiger partial charge in [0.15, 0.2) is 6.10 Å². The Hall–Kier alpha value is -1.10. The Balaban J connectivity index is 2.57. The standard InChI is InChI=1S/C10H16O5/c1-6-4-9(14-7(2)11)10(5-13-6)15-8(3)12/h6,9-10H,4-5H2,1-3H3/t6?,9-,10+/m0/s1. The molecule has 0 aromatic rings. The van der Waals surface area contributed by atoms with Gasteiger partial charge in [-0.1, -0.05) is 0 Å². The first-order valence-electron chi connectivity index (χ1n) is 4.95. The average molecular weight is 216 g/mol. The van der Waals surface area contributed by atoms with Crippen LogP contribution in [-0.4, -0.2) is 36.9 Å². The van der Waals surface area contributed by atoms with Gasteiger partial charge in [-0.3, -0.25) is 9.59 Å². The topological polar surface area (TPSA) is 61.8 Å². The molecule has 1 unspecified atom stereocenters. The zero-order chi connectivity index (χ0) is 11.4. The molecule has 3 atom stereocenters. The molecule has 0 bridgehead atoms. The van der Waals surface area contributed by atoms with Gasteiger partial charge in [0.1, 0.15) is 6.10 Å². The van der Waals surface area contributed by atoms with Gasteiger partial charge in [-0.15, -0.1) is 0 Å². The minimum absolute atomic E-state index is 0.0150. The van der Waals surface area contributed by atoms with E-state index in [-0.39, 0.29) is 18.7 Å².